The summed E-state index contributed by atoms with van der Waals surface area (Å²) in [6.07, 6.45) is 1.91. The number of amides is 1. The number of alkyl halides is 3. The van der Waals surface area contributed by atoms with Gasteiger partial charge in [0, 0.05) is 5.69 Å². The molecule has 2 aliphatic carbocycles. The Balaban J connectivity index is 1.83. The molecule has 0 atom stereocenters. The Bertz CT molecular complexity index is 852. The molecular weight excluding hydrogens is 411 g/mol. The second-order valence-corrected chi connectivity index (χ2v) is 7.80. The highest BCUT2D eigenvalue weighted by Gasteiger charge is 2.50. The summed E-state index contributed by atoms with van der Waals surface area (Å²) in [6, 6.07) is 4.22. The molecular formula is C20H19ClF3NO4. The van der Waals surface area contributed by atoms with Crippen LogP contribution in [0.2, 0.25) is 5.02 Å². The van der Waals surface area contributed by atoms with Gasteiger partial charge in [-0.25, -0.2) is 4.79 Å². The summed E-state index contributed by atoms with van der Waals surface area (Å²) in [5, 5.41) is 9.86. The number of carbonyl (C=O) groups excluding carboxylic acids is 1. The number of carboxylic acids is 1. The smallest absolute Gasteiger partial charge is 0.392 e. The highest BCUT2D eigenvalue weighted by molar-refractivity contribution is 6.32. The van der Waals surface area contributed by atoms with Crippen LogP contribution in [0.1, 0.15) is 38.5 Å². The van der Waals surface area contributed by atoms with Crippen molar-refractivity contribution in [2.45, 2.75) is 56.3 Å². The molecule has 156 valence electrons. The van der Waals surface area contributed by atoms with Crippen LogP contribution < -0.4 is 9.64 Å². The van der Waals surface area contributed by atoms with Gasteiger partial charge in [-0.15, -0.1) is 6.42 Å². The van der Waals surface area contributed by atoms with E-state index in [9.17, 15) is 27.9 Å². The van der Waals surface area contributed by atoms with Crippen LogP contribution in [0.15, 0.2) is 18.2 Å². The fourth-order valence-corrected chi connectivity index (χ4v) is 4.17. The van der Waals surface area contributed by atoms with Gasteiger partial charge in [-0.05, 0) is 49.8 Å². The number of hydrogen-bond acceptors (Lipinski definition) is 3. The first kappa shape index (κ1) is 21.3. The fourth-order valence-electron chi connectivity index (χ4n) is 3.95. The van der Waals surface area contributed by atoms with E-state index in [1.807, 2.05) is 5.92 Å². The minimum Gasteiger partial charge on any atom is -0.489 e. The Morgan fingerprint density at radius 3 is 2.38 bits per heavy atom. The first-order valence-corrected chi connectivity index (χ1v) is 9.53. The Morgan fingerprint density at radius 1 is 1.28 bits per heavy atom. The molecule has 0 unspecified atom stereocenters. The summed E-state index contributed by atoms with van der Waals surface area (Å²) in [5.74, 6) is -1.19. The predicted molar refractivity (Wildman–Crippen MR) is 99.8 cm³/mol. The van der Waals surface area contributed by atoms with Gasteiger partial charge in [0.1, 0.15) is 11.3 Å². The number of anilines is 1. The van der Waals surface area contributed by atoms with Gasteiger partial charge in [0.15, 0.2) is 0 Å². The normalized spacial score (nSPS) is 23.0. The molecule has 1 aromatic carbocycles. The maximum Gasteiger partial charge on any atom is 0.392 e. The predicted octanol–water partition coefficient (Wildman–Crippen LogP) is 4.42. The zero-order valence-corrected chi connectivity index (χ0v) is 16.1. The van der Waals surface area contributed by atoms with E-state index in [-0.39, 0.29) is 42.1 Å². The van der Waals surface area contributed by atoms with Crippen molar-refractivity contribution < 1.29 is 32.6 Å². The molecule has 1 amide bonds. The topological polar surface area (TPSA) is 66.8 Å². The Labute approximate surface area is 170 Å². The summed E-state index contributed by atoms with van der Waals surface area (Å²) in [5.41, 5.74) is -1.25. The quantitative estimate of drug-likeness (QED) is 0.703. The van der Waals surface area contributed by atoms with E-state index in [1.165, 1.54) is 18.2 Å². The number of benzene rings is 1. The summed E-state index contributed by atoms with van der Waals surface area (Å²) in [7, 11) is 0. The molecule has 0 heterocycles. The van der Waals surface area contributed by atoms with Gasteiger partial charge < -0.3 is 9.84 Å². The van der Waals surface area contributed by atoms with Gasteiger partial charge in [-0.3, -0.25) is 9.69 Å². The van der Waals surface area contributed by atoms with E-state index in [0.29, 0.717) is 12.8 Å². The number of carbonyl (C=O) groups is 2. The van der Waals surface area contributed by atoms with Crippen molar-refractivity contribution >= 4 is 29.2 Å². The van der Waals surface area contributed by atoms with E-state index < -0.39 is 35.6 Å². The number of halogens is 4. The second kappa shape index (κ2) is 7.79. The minimum absolute atomic E-state index is 0.0614. The molecule has 2 aliphatic rings. The third-order valence-electron chi connectivity index (χ3n) is 5.61. The summed E-state index contributed by atoms with van der Waals surface area (Å²) < 4.78 is 43.4. The SMILES string of the molecule is C#CC(=O)N(c1ccc(OC2CC(C(F)(F)F)C2)c(Cl)c1)C1(C(=O)O)CCCC1. The average Bonchev–Trinajstić information content (AvgIpc) is 3.09. The lowest BCUT2D eigenvalue weighted by Gasteiger charge is -2.38. The van der Waals surface area contributed by atoms with Crippen molar-refractivity contribution in [1.29, 1.82) is 0 Å². The minimum atomic E-state index is -4.24. The van der Waals surface area contributed by atoms with Gasteiger partial charge in [0.2, 0.25) is 0 Å². The molecule has 0 bridgehead atoms. The van der Waals surface area contributed by atoms with Crippen LogP contribution in [0, 0.1) is 18.3 Å². The lowest BCUT2D eigenvalue weighted by molar-refractivity contribution is -0.210. The number of aliphatic carboxylic acids is 1. The van der Waals surface area contributed by atoms with Gasteiger partial charge in [0.05, 0.1) is 17.0 Å². The van der Waals surface area contributed by atoms with Crippen molar-refractivity contribution in [2.24, 2.45) is 5.92 Å². The number of nitrogens with zero attached hydrogens (tertiary/aromatic N) is 1. The van der Waals surface area contributed by atoms with E-state index in [0.717, 1.165) is 4.90 Å². The summed E-state index contributed by atoms with van der Waals surface area (Å²) in [6.45, 7) is 0. The number of hydrogen-bond donors (Lipinski definition) is 1. The zero-order valence-electron chi connectivity index (χ0n) is 15.3. The molecule has 1 aromatic rings. The van der Waals surface area contributed by atoms with E-state index in [2.05, 4.69) is 0 Å². The van der Waals surface area contributed by atoms with Gasteiger partial charge >= 0.3 is 18.1 Å². The van der Waals surface area contributed by atoms with Crippen LogP contribution in [0.3, 0.4) is 0 Å². The van der Waals surface area contributed by atoms with Gasteiger partial charge in [-0.2, -0.15) is 13.2 Å². The maximum absolute atomic E-state index is 12.6. The molecule has 0 aliphatic heterocycles. The molecule has 9 heteroatoms. The lowest BCUT2D eigenvalue weighted by Crippen LogP contribution is -2.55. The molecule has 0 saturated heterocycles. The second-order valence-electron chi connectivity index (χ2n) is 7.39. The highest BCUT2D eigenvalue weighted by atomic mass is 35.5. The number of carboxylic acid groups (broad SMARTS) is 1. The Hall–Kier alpha value is -2.40. The fraction of sp³-hybridized carbons (Fsp3) is 0.500. The lowest BCUT2D eigenvalue weighted by atomic mass is 9.82. The largest absolute Gasteiger partial charge is 0.489 e. The summed E-state index contributed by atoms with van der Waals surface area (Å²) >= 11 is 6.22. The van der Waals surface area contributed by atoms with Crippen molar-refractivity contribution in [1.82, 2.24) is 0 Å². The van der Waals surface area contributed by atoms with Crippen molar-refractivity contribution in [3.8, 4) is 18.1 Å². The highest BCUT2D eigenvalue weighted by Crippen LogP contribution is 2.44. The molecule has 1 N–H and O–H groups in total. The third-order valence-corrected chi connectivity index (χ3v) is 5.90. The van der Waals surface area contributed by atoms with Crippen molar-refractivity contribution in [3.63, 3.8) is 0 Å². The van der Waals surface area contributed by atoms with Crippen molar-refractivity contribution in [2.75, 3.05) is 4.90 Å². The molecule has 2 fully saturated rings. The van der Waals surface area contributed by atoms with Crippen LogP contribution in [-0.2, 0) is 9.59 Å². The number of rotatable bonds is 5. The van der Waals surface area contributed by atoms with Crippen LogP contribution in [-0.4, -0.2) is 34.8 Å². The van der Waals surface area contributed by atoms with Gasteiger partial charge in [-0.1, -0.05) is 24.4 Å². The zero-order chi connectivity index (χ0) is 21.4. The maximum atomic E-state index is 12.6. The Morgan fingerprint density at radius 2 is 1.90 bits per heavy atom. The average molecular weight is 430 g/mol. The number of terminal acetylenes is 1. The molecule has 29 heavy (non-hydrogen) atoms. The van der Waals surface area contributed by atoms with Gasteiger partial charge in [0.25, 0.3) is 0 Å². The van der Waals surface area contributed by atoms with E-state index >= 15 is 0 Å². The van der Waals surface area contributed by atoms with Crippen LogP contribution >= 0.6 is 11.6 Å². The van der Waals surface area contributed by atoms with E-state index in [4.69, 9.17) is 22.8 Å². The molecule has 0 aromatic heterocycles. The molecule has 0 radical (unpaired) electrons. The summed E-state index contributed by atoms with van der Waals surface area (Å²) in [4.78, 5) is 25.5. The standard InChI is InChI=1S/C20H19ClF3NO4/c1-2-17(26)25(19(18(27)28)7-3-4-8-19)13-5-6-16(15(21)11-13)29-14-9-12(10-14)20(22,23)24/h1,5-6,11-12,14H,3-4,7-10H2,(H,27,28). The van der Waals surface area contributed by atoms with Crippen molar-refractivity contribution in [3.05, 3.63) is 23.2 Å². The van der Waals surface area contributed by atoms with Crippen LogP contribution in [0.5, 0.6) is 5.75 Å². The Kier molecular flexibility index (Phi) is 5.72. The molecule has 2 saturated carbocycles. The molecule has 3 rings (SSSR count). The first-order valence-electron chi connectivity index (χ1n) is 9.15. The molecule has 0 spiro atoms. The third kappa shape index (κ3) is 4.01. The number of ether oxygens (including phenoxy) is 1. The molecule has 5 nitrogen and oxygen atoms in total. The van der Waals surface area contributed by atoms with E-state index in [1.54, 1.807) is 0 Å². The van der Waals surface area contributed by atoms with Crippen LogP contribution in [0.4, 0.5) is 18.9 Å². The van der Waals surface area contributed by atoms with Crippen LogP contribution in [0.25, 0.3) is 0 Å². The first-order chi connectivity index (χ1) is 13.6. The monoisotopic (exact) mass is 429 g/mol.